The highest BCUT2D eigenvalue weighted by atomic mass is 16.8. The van der Waals surface area contributed by atoms with Gasteiger partial charge in [-0.2, -0.15) is 0 Å². The fourth-order valence-corrected chi connectivity index (χ4v) is 3.03. The Morgan fingerprint density at radius 3 is 2.62 bits per heavy atom. The number of rotatable bonds is 3. The highest BCUT2D eigenvalue weighted by Gasteiger charge is 2.48. The Kier molecular flexibility index (Phi) is 4.63. The maximum Gasteiger partial charge on any atom is 0.203 e. The monoisotopic (exact) mass is 340 g/mol. The number of phenols is 1. The Morgan fingerprint density at radius 2 is 1.92 bits per heavy atom. The first-order valence-corrected chi connectivity index (χ1v) is 7.57. The summed E-state index contributed by atoms with van der Waals surface area (Å²) in [6.45, 7) is -0.606. The minimum atomic E-state index is -2.00. The zero-order valence-electron chi connectivity index (χ0n) is 12.7. The van der Waals surface area contributed by atoms with Gasteiger partial charge in [-0.25, -0.2) is 0 Å². The van der Waals surface area contributed by atoms with Crippen LogP contribution in [0.15, 0.2) is 24.3 Å². The van der Waals surface area contributed by atoms with Crippen molar-refractivity contribution in [2.24, 2.45) is 0 Å². The molecule has 6 N–H and O–H groups in total. The van der Waals surface area contributed by atoms with E-state index in [2.05, 4.69) is 0 Å². The first-order valence-electron chi connectivity index (χ1n) is 7.57. The van der Waals surface area contributed by atoms with Crippen molar-refractivity contribution in [1.82, 2.24) is 0 Å². The normalized spacial score (nSPS) is 38.8. The molecule has 24 heavy (non-hydrogen) atoms. The van der Waals surface area contributed by atoms with Crippen molar-refractivity contribution >= 4 is 6.08 Å². The predicted octanol–water partition coefficient (Wildman–Crippen LogP) is -1.23. The number of aromatic hydroxyl groups is 1. The molecule has 1 fully saturated rings. The van der Waals surface area contributed by atoms with Crippen molar-refractivity contribution in [3.63, 3.8) is 0 Å². The third-order valence-corrected chi connectivity index (χ3v) is 4.32. The summed E-state index contributed by atoms with van der Waals surface area (Å²) < 4.78 is 10.7. The summed E-state index contributed by atoms with van der Waals surface area (Å²) in [7, 11) is 0. The molecule has 2 aliphatic rings. The highest BCUT2D eigenvalue weighted by Crippen LogP contribution is 2.42. The summed E-state index contributed by atoms with van der Waals surface area (Å²) in [5.41, 5.74) is 0.651. The smallest absolute Gasteiger partial charge is 0.203 e. The minimum Gasteiger partial charge on any atom is -0.507 e. The maximum atomic E-state index is 10.9. The average molecular weight is 340 g/mol. The van der Waals surface area contributed by atoms with E-state index in [-0.39, 0.29) is 17.7 Å². The van der Waals surface area contributed by atoms with Crippen LogP contribution in [-0.2, 0) is 15.3 Å². The molecule has 0 bridgehead atoms. The summed E-state index contributed by atoms with van der Waals surface area (Å²) in [6.07, 6.45) is -4.13. The predicted molar refractivity (Wildman–Crippen MR) is 80.5 cm³/mol. The van der Waals surface area contributed by atoms with Gasteiger partial charge in [0.1, 0.15) is 30.2 Å². The largest absolute Gasteiger partial charge is 0.507 e. The Hall–Kier alpha value is -1.52. The average Bonchev–Trinajstić information content (AvgIpc) is 2.55. The van der Waals surface area contributed by atoms with Crippen LogP contribution in [0.1, 0.15) is 17.5 Å². The lowest BCUT2D eigenvalue weighted by Crippen LogP contribution is -2.60. The standard InChI is InChI=1S/C16H20O8/c17-7-10-12(19)13(20)14(21)15(23-10)24-16(22)6-2-4-8-3-1-5-9(18)11(8)16/h1-5,10,12-15,17-22H,6-7H2/t10-,12-,13+,14-,15-,16?/m1/s1. The van der Waals surface area contributed by atoms with Crippen molar-refractivity contribution in [3.8, 4) is 5.75 Å². The highest BCUT2D eigenvalue weighted by molar-refractivity contribution is 5.61. The van der Waals surface area contributed by atoms with Crippen molar-refractivity contribution < 1.29 is 40.1 Å². The Bertz CT molecular complexity index is 631. The lowest BCUT2D eigenvalue weighted by molar-refractivity contribution is -0.366. The van der Waals surface area contributed by atoms with Crippen molar-refractivity contribution in [2.45, 2.75) is 42.9 Å². The SMILES string of the molecule is OC[C@H]1O[C@H](OC2(O)CC=Cc3cccc(O)c32)[C@H](O)[C@@H](O)[C@@H]1O. The van der Waals surface area contributed by atoms with Crippen LogP contribution in [0.4, 0.5) is 0 Å². The molecule has 0 saturated carbocycles. The molecule has 0 aromatic heterocycles. The van der Waals surface area contributed by atoms with E-state index in [1.54, 1.807) is 24.3 Å². The molecule has 0 spiro atoms. The summed E-state index contributed by atoms with van der Waals surface area (Å²) in [5.74, 6) is -2.19. The quantitative estimate of drug-likeness (QED) is 0.376. The number of aliphatic hydroxyl groups is 5. The molecule has 1 aromatic carbocycles. The van der Waals surface area contributed by atoms with Gasteiger partial charge >= 0.3 is 0 Å². The third-order valence-electron chi connectivity index (χ3n) is 4.32. The van der Waals surface area contributed by atoms with Gasteiger partial charge in [0.15, 0.2) is 6.29 Å². The van der Waals surface area contributed by atoms with Gasteiger partial charge in [0, 0.05) is 6.42 Å². The van der Waals surface area contributed by atoms with Crippen LogP contribution >= 0.6 is 0 Å². The van der Waals surface area contributed by atoms with Crippen molar-refractivity contribution in [1.29, 1.82) is 0 Å². The van der Waals surface area contributed by atoms with Gasteiger partial charge in [-0.1, -0.05) is 24.3 Å². The van der Waals surface area contributed by atoms with E-state index in [1.165, 1.54) is 6.07 Å². The first kappa shape index (κ1) is 17.3. The zero-order valence-corrected chi connectivity index (χ0v) is 12.7. The second kappa shape index (κ2) is 6.41. The molecule has 3 rings (SSSR count). The van der Waals surface area contributed by atoms with E-state index in [1.807, 2.05) is 0 Å². The summed E-state index contributed by atoms with van der Waals surface area (Å²) >= 11 is 0. The van der Waals surface area contributed by atoms with Gasteiger partial charge in [0.05, 0.1) is 12.2 Å². The van der Waals surface area contributed by atoms with E-state index >= 15 is 0 Å². The summed E-state index contributed by atoms with van der Waals surface area (Å²) in [6, 6.07) is 4.67. The second-order valence-electron chi connectivity index (χ2n) is 5.95. The number of phenolic OH excluding ortho intramolecular Hbond substituents is 1. The second-order valence-corrected chi connectivity index (χ2v) is 5.95. The number of benzene rings is 1. The molecule has 8 heteroatoms. The van der Waals surface area contributed by atoms with Gasteiger partial charge in [-0.3, -0.25) is 0 Å². The topological polar surface area (TPSA) is 140 Å². The fourth-order valence-electron chi connectivity index (χ4n) is 3.03. The summed E-state index contributed by atoms with van der Waals surface area (Å²) in [4.78, 5) is 0. The van der Waals surface area contributed by atoms with E-state index in [4.69, 9.17) is 9.47 Å². The molecule has 1 saturated heterocycles. The lowest BCUT2D eigenvalue weighted by Gasteiger charge is -2.43. The van der Waals surface area contributed by atoms with E-state index in [0.29, 0.717) is 5.56 Å². The van der Waals surface area contributed by atoms with Gasteiger partial charge in [-0.05, 0) is 11.6 Å². The molecule has 0 radical (unpaired) electrons. The van der Waals surface area contributed by atoms with Crippen LogP contribution in [0.25, 0.3) is 6.08 Å². The van der Waals surface area contributed by atoms with Gasteiger partial charge in [-0.15, -0.1) is 0 Å². The molecule has 6 atom stereocenters. The minimum absolute atomic E-state index is 0.0212. The van der Waals surface area contributed by atoms with Gasteiger partial charge < -0.3 is 40.1 Å². The van der Waals surface area contributed by atoms with Crippen molar-refractivity contribution in [3.05, 3.63) is 35.4 Å². The first-order chi connectivity index (χ1) is 11.4. The molecular weight excluding hydrogens is 320 g/mol. The van der Waals surface area contributed by atoms with Gasteiger partial charge in [0.2, 0.25) is 5.79 Å². The molecule has 1 aromatic rings. The van der Waals surface area contributed by atoms with Crippen LogP contribution in [0.5, 0.6) is 5.75 Å². The number of aliphatic hydroxyl groups excluding tert-OH is 4. The molecule has 1 aliphatic heterocycles. The van der Waals surface area contributed by atoms with Crippen LogP contribution in [-0.4, -0.2) is 68.0 Å². The molecule has 1 unspecified atom stereocenters. The van der Waals surface area contributed by atoms with E-state index in [0.717, 1.165) is 0 Å². The number of hydrogen-bond acceptors (Lipinski definition) is 8. The Balaban J connectivity index is 1.89. The number of hydrogen-bond donors (Lipinski definition) is 6. The van der Waals surface area contributed by atoms with Crippen LogP contribution < -0.4 is 0 Å². The van der Waals surface area contributed by atoms with Crippen LogP contribution in [0.3, 0.4) is 0 Å². The van der Waals surface area contributed by atoms with E-state index < -0.39 is 43.1 Å². The van der Waals surface area contributed by atoms with Crippen molar-refractivity contribution in [2.75, 3.05) is 6.61 Å². The number of fused-ring (bicyclic) bond motifs is 1. The van der Waals surface area contributed by atoms with Gasteiger partial charge in [0.25, 0.3) is 0 Å². The Labute approximate surface area is 137 Å². The zero-order chi connectivity index (χ0) is 17.5. The molecular formula is C16H20O8. The van der Waals surface area contributed by atoms with Crippen LogP contribution in [0, 0.1) is 0 Å². The molecule has 1 aliphatic carbocycles. The fraction of sp³-hybridized carbons (Fsp3) is 0.500. The number of ether oxygens (including phenoxy) is 2. The maximum absolute atomic E-state index is 10.9. The van der Waals surface area contributed by atoms with E-state index in [9.17, 15) is 30.6 Å². The summed E-state index contributed by atoms with van der Waals surface area (Å²) in [5, 5.41) is 59.8. The molecule has 132 valence electrons. The molecule has 1 heterocycles. The Morgan fingerprint density at radius 1 is 1.17 bits per heavy atom. The van der Waals surface area contributed by atoms with Crippen LogP contribution in [0.2, 0.25) is 0 Å². The third kappa shape index (κ3) is 2.82. The molecule has 0 amide bonds. The lowest BCUT2D eigenvalue weighted by atomic mass is 9.90. The molecule has 8 nitrogen and oxygen atoms in total.